The first-order chi connectivity index (χ1) is 8.58. The lowest BCUT2D eigenvalue weighted by Crippen LogP contribution is -2.32. The summed E-state index contributed by atoms with van der Waals surface area (Å²) in [5.74, 6) is -2.41. The highest BCUT2D eigenvalue weighted by Crippen LogP contribution is 2.17. The van der Waals surface area contributed by atoms with Crippen LogP contribution < -0.4 is 11.1 Å². The molecule has 2 rings (SSSR count). The Morgan fingerprint density at radius 3 is 2.89 bits per heavy atom. The van der Waals surface area contributed by atoms with Crippen LogP contribution in [0.5, 0.6) is 0 Å². The summed E-state index contributed by atoms with van der Waals surface area (Å²) >= 11 is 0. The summed E-state index contributed by atoms with van der Waals surface area (Å²) in [6, 6.07) is 1.60. The number of hydrogen-bond acceptors (Lipinski definition) is 3. The van der Waals surface area contributed by atoms with E-state index in [0.29, 0.717) is 19.2 Å². The molecule has 0 bridgehead atoms. The Bertz CT molecular complexity index is 460. The van der Waals surface area contributed by atoms with Crippen molar-refractivity contribution in [2.75, 3.05) is 18.9 Å². The van der Waals surface area contributed by atoms with E-state index < -0.39 is 17.5 Å². The SMILES string of the molecule is Nc1cc(C(=O)NCC2CCCO2)c(F)cc1F. The Balaban J connectivity index is 2.01. The molecule has 98 valence electrons. The number of carbonyl (C=O) groups is 1. The summed E-state index contributed by atoms with van der Waals surface area (Å²) < 4.78 is 31.7. The molecule has 1 amide bonds. The van der Waals surface area contributed by atoms with Gasteiger partial charge in [0.2, 0.25) is 0 Å². The largest absolute Gasteiger partial charge is 0.396 e. The molecule has 1 aliphatic heterocycles. The van der Waals surface area contributed by atoms with Crippen molar-refractivity contribution in [3.63, 3.8) is 0 Å². The van der Waals surface area contributed by atoms with Crippen LogP contribution in [0.15, 0.2) is 12.1 Å². The van der Waals surface area contributed by atoms with Crippen molar-refractivity contribution < 1.29 is 18.3 Å². The molecule has 6 heteroatoms. The van der Waals surface area contributed by atoms with Crippen molar-refractivity contribution in [2.45, 2.75) is 18.9 Å². The molecule has 3 N–H and O–H groups in total. The monoisotopic (exact) mass is 256 g/mol. The topological polar surface area (TPSA) is 64.4 Å². The van der Waals surface area contributed by atoms with Crippen molar-refractivity contribution in [1.29, 1.82) is 0 Å². The molecule has 1 fully saturated rings. The number of hydrogen-bond donors (Lipinski definition) is 2. The van der Waals surface area contributed by atoms with Crippen LogP contribution in [0, 0.1) is 11.6 Å². The third-order valence-corrected chi connectivity index (χ3v) is 2.85. The number of nitrogens with two attached hydrogens (primary N) is 1. The van der Waals surface area contributed by atoms with Gasteiger partial charge in [-0.2, -0.15) is 0 Å². The van der Waals surface area contributed by atoms with Gasteiger partial charge in [0.15, 0.2) is 0 Å². The molecule has 0 radical (unpaired) electrons. The first-order valence-corrected chi connectivity index (χ1v) is 5.72. The maximum Gasteiger partial charge on any atom is 0.254 e. The van der Waals surface area contributed by atoms with E-state index >= 15 is 0 Å². The average Bonchev–Trinajstić information content (AvgIpc) is 2.84. The van der Waals surface area contributed by atoms with E-state index in [2.05, 4.69) is 5.32 Å². The second-order valence-corrected chi connectivity index (χ2v) is 4.20. The second kappa shape index (κ2) is 5.30. The number of anilines is 1. The molecular weight excluding hydrogens is 242 g/mol. The highest BCUT2D eigenvalue weighted by Gasteiger charge is 2.19. The number of halogens is 2. The third-order valence-electron chi connectivity index (χ3n) is 2.85. The van der Waals surface area contributed by atoms with Crippen molar-refractivity contribution in [2.24, 2.45) is 0 Å². The minimum Gasteiger partial charge on any atom is -0.396 e. The lowest BCUT2D eigenvalue weighted by molar-refractivity contribution is 0.0854. The van der Waals surface area contributed by atoms with Crippen LogP contribution >= 0.6 is 0 Å². The van der Waals surface area contributed by atoms with E-state index in [-0.39, 0.29) is 17.4 Å². The highest BCUT2D eigenvalue weighted by atomic mass is 19.1. The van der Waals surface area contributed by atoms with Crippen LogP contribution in [0.4, 0.5) is 14.5 Å². The van der Waals surface area contributed by atoms with Gasteiger partial charge in [0, 0.05) is 19.2 Å². The molecule has 1 unspecified atom stereocenters. The first kappa shape index (κ1) is 12.8. The van der Waals surface area contributed by atoms with E-state index in [0.717, 1.165) is 18.9 Å². The highest BCUT2D eigenvalue weighted by molar-refractivity contribution is 5.95. The molecule has 18 heavy (non-hydrogen) atoms. The maximum atomic E-state index is 13.4. The van der Waals surface area contributed by atoms with Crippen molar-refractivity contribution in [3.05, 3.63) is 29.3 Å². The number of amides is 1. The van der Waals surface area contributed by atoms with E-state index in [4.69, 9.17) is 10.5 Å². The molecule has 1 atom stereocenters. The summed E-state index contributed by atoms with van der Waals surface area (Å²) in [7, 11) is 0. The Kier molecular flexibility index (Phi) is 3.76. The molecule has 0 saturated carbocycles. The van der Waals surface area contributed by atoms with Crippen LogP contribution in [0.3, 0.4) is 0 Å². The van der Waals surface area contributed by atoms with Gasteiger partial charge >= 0.3 is 0 Å². The van der Waals surface area contributed by atoms with Gasteiger partial charge in [0.25, 0.3) is 5.91 Å². The van der Waals surface area contributed by atoms with Gasteiger partial charge < -0.3 is 15.8 Å². The minimum absolute atomic E-state index is 0.0326. The van der Waals surface area contributed by atoms with Crippen LogP contribution in [-0.4, -0.2) is 25.2 Å². The first-order valence-electron chi connectivity index (χ1n) is 5.72. The minimum atomic E-state index is -0.924. The molecule has 4 nitrogen and oxygen atoms in total. The zero-order valence-corrected chi connectivity index (χ0v) is 9.71. The molecule has 1 saturated heterocycles. The Morgan fingerprint density at radius 2 is 2.22 bits per heavy atom. The average molecular weight is 256 g/mol. The summed E-state index contributed by atoms with van der Waals surface area (Å²) in [5, 5.41) is 2.55. The lowest BCUT2D eigenvalue weighted by Gasteiger charge is -2.11. The van der Waals surface area contributed by atoms with Gasteiger partial charge in [-0.25, -0.2) is 8.78 Å². The van der Waals surface area contributed by atoms with E-state index in [1.165, 1.54) is 0 Å². The fourth-order valence-electron chi connectivity index (χ4n) is 1.85. The lowest BCUT2D eigenvalue weighted by atomic mass is 10.1. The Labute approximate surface area is 103 Å². The van der Waals surface area contributed by atoms with Crippen LogP contribution in [0.25, 0.3) is 0 Å². The normalized spacial score (nSPS) is 18.9. The zero-order chi connectivity index (χ0) is 13.1. The van der Waals surface area contributed by atoms with Gasteiger partial charge in [-0.05, 0) is 18.9 Å². The van der Waals surface area contributed by atoms with Gasteiger partial charge in [0.05, 0.1) is 17.4 Å². The molecular formula is C12H14F2N2O2. The molecule has 1 heterocycles. The number of rotatable bonds is 3. The summed E-state index contributed by atoms with van der Waals surface area (Å²) in [6.07, 6.45) is 1.79. The predicted octanol–water partition coefficient (Wildman–Crippen LogP) is 1.46. The molecule has 1 aromatic carbocycles. The fraction of sp³-hybridized carbons (Fsp3) is 0.417. The molecule has 1 aliphatic rings. The maximum absolute atomic E-state index is 13.4. The second-order valence-electron chi connectivity index (χ2n) is 4.20. The Hall–Kier alpha value is -1.69. The Morgan fingerprint density at radius 1 is 1.44 bits per heavy atom. The van der Waals surface area contributed by atoms with Gasteiger partial charge in [-0.1, -0.05) is 0 Å². The number of benzene rings is 1. The molecule has 0 aliphatic carbocycles. The predicted molar refractivity (Wildman–Crippen MR) is 62.1 cm³/mol. The number of nitrogen functional groups attached to an aromatic ring is 1. The van der Waals surface area contributed by atoms with Gasteiger partial charge in [-0.3, -0.25) is 4.79 Å². The summed E-state index contributed by atoms with van der Waals surface area (Å²) in [6.45, 7) is 0.994. The van der Waals surface area contributed by atoms with Gasteiger partial charge in [-0.15, -0.1) is 0 Å². The zero-order valence-electron chi connectivity index (χ0n) is 9.71. The summed E-state index contributed by atoms with van der Waals surface area (Å²) in [5.41, 5.74) is 4.79. The number of carbonyl (C=O) groups excluding carboxylic acids is 1. The molecule has 0 spiro atoms. The van der Waals surface area contributed by atoms with Crippen molar-refractivity contribution in [1.82, 2.24) is 5.32 Å². The van der Waals surface area contributed by atoms with E-state index in [9.17, 15) is 13.6 Å². The molecule has 1 aromatic rings. The number of nitrogens with one attached hydrogen (secondary N) is 1. The van der Waals surface area contributed by atoms with Crippen LogP contribution in [-0.2, 0) is 4.74 Å². The fourth-order valence-corrected chi connectivity index (χ4v) is 1.85. The van der Waals surface area contributed by atoms with E-state index in [1.807, 2.05) is 0 Å². The quantitative estimate of drug-likeness (QED) is 0.805. The third kappa shape index (κ3) is 2.76. The van der Waals surface area contributed by atoms with E-state index in [1.54, 1.807) is 0 Å². The van der Waals surface area contributed by atoms with Crippen LogP contribution in [0.1, 0.15) is 23.2 Å². The van der Waals surface area contributed by atoms with Crippen LogP contribution in [0.2, 0.25) is 0 Å². The standard InChI is InChI=1S/C12H14F2N2O2/c13-9-5-10(14)11(15)4-8(9)12(17)16-6-7-2-1-3-18-7/h4-5,7H,1-3,6,15H2,(H,16,17). The van der Waals surface area contributed by atoms with Gasteiger partial charge in [0.1, 0.15) is 11.6 Å². The summed E-state index contributed by atoms with van der Waals surface area (Å²) in [4.78, 5) is 11.7. The molecule has 0 aromatic heterocycles. The van der Waals surface area contributed by atoms with Crippen molar-refractivity contribution in [3.8, 4) is 0 Å². The number of ether oxygens (including phenoxy) is 1. The smallest absolute Gasteiger partial charge is 0.254 e. The van der Waals surface area contributed by atoms with Crippen molar-refractivity contribution >= 4 is 11.6 Å².